The number of aromatic carboxylic acids is 1. The predicted molar refractivity (Wildman–Crippen MR) is 135 cm³/mol. The lowest BCUT2D eigenvalue weighted by atomic mass is 9.95. The van der Waals surface area contributed by atoms with Crippen LogP contribution in [0.15, 0.2) is 81.5 Å². The second-order valence-electron chi connectivity index (χ2n) is 7.99. The van der Waals surface area contributed by atoms with Crippen LogP contribution in [0.3, 0.4) is 0 Å². The van der Waals surface area contributed by atoms with Gasteiger partial charge in [0.15, 0.2) is 11.4 Å². The van der Waals surface area contributed by atoms with Gasteiger partial charge in [-0.25, -0.2) is 19.2 Å². The summed E-state index contributed by atoms with van der Waals surface area (Å²) in [6.45, 7) is 1.67. The fourth-order valence-corrected chi connectivity index (χ4v) is 4.08. The minimum atomic E-state index is -1.15. The number of aromatic nitrogens is 2. The molecule has 1 atom stereocenters. The molecule has 4 N–H and O–H groups in total. The van der Waals surface area contributed by atoms with Crippen LogP contribution in [-0.4, -0.2) is 32.9 Å². The van der Waals surface area contributed by atoms with Crippen molar-refractivity contribution in [2.75, 3.05) is 10.6 Å². The Morgan fingerprint density at radius 2 is 1.97 bits per heavy atom. The molecule has 37 heavy (non-hydrogen) atoms. The number of carbonyl (C=O) groups excluding carboxylic acids is 1. The number of hydrogen-bond acceptors (Lipinski definition) is 8. The Balaban J connectivity index is 1.49. The molecule has 1 unspecified atom stereocenters. The molecule has 1 aliphatic rings. The molecule has 0 bridgehead atoms. The Kier molecular flexibility index (Phi) is 6.28. The molecule has 1 aliphatic heterocycles. The van der Waals surface area contributed by atoms with E-state index < -0.39 is 23.7 Å². The van der Waals surface area contributed by atoms with E-state index in [1.807, 2.05) is 0 Å². The number of rotatable bonds is 5. The first-order chi connectivity index (χ1) is 17.8. The van der Waals surface area contributed by atoms with Crippen molar-refractivity contribution in [2.45, 2.75) is 13.0 Å². The number of carboxylic acids is 1. The van der Waals surface area contributed by atoms with E-state index in [1.54, 1.807) is 37.3 Å². The van der Waals surface area contributed by atoms with Crippen molar-refractivity contribution in [1.82, 2.24) is 15.3 Å². The lowest BCUT2D eigenvalue weighted by Gasteiger charge is -2.26. The molecule has 3 heterocycles. The molecular weight excluding hydrogens is 503 g/mol. The second kappa shape index (κ2) is 9.70. The topological polar surface area (TPSA) is 142 Å². The third-order valence-corrected chi connectivity index (χ3v) is 5.87. The van der Waals surface area contributed by atoms with E-state index in [0.29, 0.717) is 16.3 Å². The quantitative estimate of drug-likeness (QED) is 0.295. The Morgan fingerprint density at radius 3 is 2.73 bits per heavy atom. The number of oxazole rings is 1. The Morgan fingerprint density at radius 1 is 1.16 bits per heavy atom. The van der Waals surface area contributed by atoms with E-state index >= 15 is 0 Å². The van der Waals surface area contributed by atoms with Crippen molar-refractivity contribution in [3.8, 4) is 0 Å². The molecule has 1 amide bonds. The number of guanidine groups is 1. The van der Waals surface area contributed by atoms with Gasteiger partial charge in [-0.15, -0.1) is 0 Å². The lowest BCUT2D eigenvalue weighted by molar-refractivity contribution is -0.113. The molecule has 0 spiro atoms. The number of nitrogens with zero attached hydrogens (tertiary/aromatic N) is 3. The Hall–Kier alpha value is -4.77. The normalized spacial score (nSPS) is 15.2. The average Bonchev–Trinajstić information content (AvgIpc) is 3.28. The maximum absolute atomic E-state index is 14.1. The highest BCUT2D eigenvalue weighted by Crippen LogP contribution is 2.35. The summed E-state index contributed by atoms with van der Waals surface area (Å²) in [4.78, 5) is 37.5. The van der Waals surface area contributed by atoms with Crippen molar-refractivity contribution in [1.29, 1.82) is 0 Å². The number of allylic oxidation sites excluding steroid dienone is 1. The smallest absolute Gasteiger partial charge is 0.335 e. The van der Waals surface area contributed by atoms with Crippen molar-refractivity contribution in [3.05, 3.63) is 94.0 Å². The molecule has 2 aromatic carbocycles. The van der Waals surface area contributed by atoms with Gasteiger partial charge in [0.2, 0.25) is 5.96 Å². The van der Waals surface area contributed by atoms with E-state index in [4.69, 9.17) is 16.0 Å². The van der Waals surface area contributed by atoms with Crippen LogP contribution in [0.5, 0.6) is 0 Å². The molecule has 0 radical (unpaired) electrons. The number of nitrogens with one attached hydrogen (secondary N) is 3. The second-order valence-corrected chi connectivity index (χ2v) is 8.39. The minimum Gasteiger partial charge on any atom is -0.478 e. The SMILES string of the molecule is CC1=C(C(=O)Nc2cc(C(=O)O)ccn2)C(c2ccccc2Cl)N=C(Nc2nc3c(F)cccc3o2)N1. The molecule has 2 aromatic heterocycles. The molecular formula is C25H18ClFN6O4. The maximum Gasteiger partial charge on any atom is 0.335 e. The first-order valence-electron chi connectivity index (χ1n) is 10.9. The number of para-hydroxylation sites is 1. The molecule has 10 nitrogen and oxygen atoms in total. The van der Waals surface area contributed by atoms with Crippen LogP contribution in [0.25, 0.3) is 11.1 Å². The van der Waals surface area contributed by atoms with Crippen LogP contribution >= 0.6 is 11.6 Å². The van der Waals surface area contributed by atoms with Crippen LogP contribution in [0.4, 0.5) is 16.2 Å². The molecule has 0 saturated heterocycles. The summed E-state index contributed by atoms with van der Waals surface area (Å²) >= 11 is 6.46. The van der Waals surface area contributed by atoms with Gasteiger partial charge >= 0.3 is 12.0 Å². The number of fused-ring (bicyclic) bond motifs is 1. The van der Waals surface area contributed by atoms with Gasteiger partial charge in [-0.1, -0.05) is 35.9 Å². The zero-order chi connectivity index (χ0) is 26.1. The summed E-state index contributed by atoms with van der Waals surface area (Å²) in [6, 6.07) is 13.0. The van der Waals surface area contributed by atoms with E-state index in [9.17, 15) is 19.1 Å². The third-order valence-electron chi connectivity index (χ3n) is 5.53. The highest BCUT2D eigenvalue weighted by atomic mass is 35.5. The van der Waals surface area contributed by atoms with Crippen LogP contribution in [-0.2, 0) is 4.79 Å². The minimum absolute atomic E-state index is 0.000328. The zero-order valence-corrected chi connectivity index (χ0v) is 19.9. The van der Waals surface area contributed by atoms with Gasteiger partial charge in [0.25, 0.3) is 5.91 Å². The molecule has 5 rings (SSSR count). The van der Waals surface area contributed by atoms with Crippen molar-refractivity contribution >= 4 is 52.4 Å². The van der Waals surface area contributed by atoms with E-state index in [0.717, 1.165) is 0 Å². The molecule has 12 heteroatoms. The average molecular weight is 521 g/mol. The first-order valence-corrected chi connectivity index (χ1v) is 11.3. The van der Waals surface area contributed by atoms with Crippen molar-refractivity contribution < 1.29 is 23.5 Å². The molecule has 4 aromatic rings. The van der Waals surface area contributed by atoms with E-state index in [-0.39, 0.29) is 40.0 Å². The molecule has 0 fully saturated rings. The standard InChI is InChI=1S/C25H18ClFN6O4/c1-12-19(22(34)30-18-11-13(23(35)36)9-10-28-18)20(14-5-2-3-6-15(14)26)31-24(29-12)33-25-32-21-16(27)7-4-8-17(21)37-25/h2-11,20H,1H3,(H,35,36)(H,28,30,34)(H2,29,31,32,33). The number of carbonyl (C=O) groups is 2. The van der Waals surface area contributed by atoms with Gasteiger partial charge < -0.3 is 20.2 Å². The summed E-state index contributed by atoms with van der Waals surface area (Å²) in [7, 11) is 0. The highest BCUT2D eigenvalue weighted by Gasteiger charge is 2.31. The fraction of sp³-hybridized carbons (Fsp3) is 0.0800. The van der Waals surface area contributed by atoms with Gasteiger partial charge in [-0.2, -0.15) is 4.98 Å². The van der Waals surface area contributed by atoms with Crippen LogP contribution in [0, 0.1) is 5.82 Å². The summed E-state index contributed by atoms with van der Waals surface area (Å²) in [5.41, 5.74) is 1.49. The summed E-state index contributed by atoms with van der Waals surface area (Å²) in [5.74, 6) is -1.99. The van der Waals surface area contributed by atoms with Crippen LogP contribution < -0.4 is 16.0 Å². The largest absolute Gasteiger partial charge is 0.478 e. The monoisotopic (exact) mass is 520 g/mol. The Labute approximate surface area is 213 Å². The molecule has 0 saturated carbocycles. The molecule has 0 aliphatic carbocycles. The number of benzene rings is 2. The van der Waals surface area contributed by atoms with Crippen molar-refractivity contribution in [2.24, 2.45) is 4.99 Å². The number of carboxylic acid groups (broad SMARTS) is 1. The van der Waals surface area contributed by atoms with Gasteiger partial charge in [-0.3, -0.25) is 10.1 Å². The highest BCUT2D eigenvalue weighted by molar-refractivity contribution is 6.31. The van der Waals surface area contributed by atoms with E-state index in [2.05, 4.69) is 30.9 Å². The number of halogens is 2. The summed E-state index contributed by atoms with van der Waals surface area (Å²) < 4.78 is 19.6. The number of pyridine rings is 1. The number of amides is 1. The third kappa shape index (κ3) is 4.84. The lowest BCUT2D eigenvalue weighted by Crippen LogP contribution is -2.37. The van der Waals surface area contributed by atoms with Crippen LogP contribution in [0.2, 0.25) is 5.02 Å². The summed E-state index contributed by atoms with van der Waals surface area (Å²) in [5, 5.41) is 18.1. The van der Waals surface area contributed by atoms with E-state index in [1.165, 1.54) is 30.5 Å². The zero-order valence-electron chi connectivity index (χ0n) is 19.1. The maximum atomic E-state index is 14.1. The van der Waals surface area contributed by atoms with Crippen molar-refractivity contribution in [3.63, 3.8) is 0 Å². The van der Waals surface area contributed by atoms with Gasteiger partial charge in [0.1, 0.15) is 17.4 Å². The van der Waals surface area contributed by atoms with Gasteiger partial charge in [0.05, 0.1) is 11.1 Å². The van der Waals surface area contributed by atoms with Crippen LogP contribution in [0.1, 0.15) is 28.9 Å². The predicted octanol–water partition coefficient (Wildman–Crippen LogP) is 4.74. The van der Waals surface area contributed by atoms with Gasteiger partial charge in [0, 0.05) is 22.5 Å². The number of anilines is 2. The Bertz CT molecular complexity index is 1620. The first kappa shape index (κ1) is 23.9. The fourth-order valence-electron chi connectivity index (χ4n) is 3.84. The summed E-state index contributed by atoms with van der Waals surface area (Å²) in [6.07, 6.45) is 1.29. The molecule has 186 valence electrons. The number of hydrogen-bond donors (Lipinski definition) is 4. The number of aliphatic imine (C=N–C) groups is 1. The van der Waals surface area contributed by atoms with Gasteiger partial charge in [-0.05, 0) is 37.3 Å².